The molecule has 2 heterocycles. The standard InChI is InChI=1S/C29H23Cl2NO5/c1-36-27(34)29(28(35)37-2)23(18-9-4-3-5-10-18)24(25(33)21-13-12-19(30)16-22(21)31)32-15-14-17-8-6-7-11-20(17)26(29)32/h3-16,23-24,26H,1-2H3/t23-,24+,26-/m1/s1. The molecule has 0 unspecified atom stereocenters. The zero-order valence-corrected chi connectivity index (χ0v) is 21.6. The van der Waals surface area contributed by atoms with Crippen molar-refractivity contribution in [3.8, 4) is 0 Å². The van der Waals surface area contributed by atoms with E-state index in [9.17, 15) is 14.4 Å². The molecule has 3 aromatic rings. The molecule has 0 spiro atoms. The van der Waals surface area contributed by atoms with Crippen molar-refractivity contribution < 1.29 is 23.9 Å². The number of hydrogen-bond acceptors (Lipinski definition) is 6. The summed E-state index contributed by atoms with van der Waals surface area (Å²) in [4.78, 5) is 43.8. The molecule has 0 N–H and O–H groups in total. The summed E-state index contributed by atoms with van der Waals surface area (Å²) in [6, 6.07) is 19.2. The summed E-state index contributed by atoms with van der Waals surface area (Å²) in [5.74, 6) is -2.90. The average Bonchev–Trinajstić information content (AvgIpc) is 3.24. The smallest absolute Gasteiger partial charge is 0.326 e. The minimum atomic E-state index is -1.90. The molecule has 3 aromatic carbocycles. The van der Waals surface area contributed by atoms with Crippen LogP contribution in [0.3, 0.4) is 0 Å². The molecule has 0 bridgehead atoms. The van der Waals surface area contributed by atoms with Gasteiger partial charge in [-0.15, -0.1) is 0 Å². The van der Waals surface area contributed by atoms with Crippen molar-refractivity contribution in [2.45, 2.75) is 18.0 Å². The lowest BCUT2D eigenvalue weighted by Gasteiger charge is -2.38. The number of rotatable bonds is 5. The Kier molecular flexibility index (Phi) is 6.56. The van der Waals surface area contributed by atoms with Crippen LogP contribution in [0.15, 0.2) is 79.0 Å². The van der Waals surface area contributed by atoms with Crippen LogP contribution >= 0.6 is 23.2 Å². The van der Waals surface area contributed by atoms with Gasteiger partial charge in [0, 0.05) is 22.7 Å². The van der Waals surface area contributed by atoms with Crippen LogP contribution in [0.25, 0.3) is 6.08 Å². The quantitative estimate of drug-likeness (QED) is 0.237. The number of carbonyl (C=O) groups is 3. The van der Waals surface area contributed by atoms with Crippen molar-refractivity contribution in [3.63, 3.8) is 0 Å². The lowest BCUT2D eigenvalue weighted by molar-refractivity contribution is -0.172. The van der Waals surface area contributed by atoms with Crippen molar-refractivity contribution in [2.75, 3.05) is 14.2 Å². The molecule has 5 rings (SSSR count). The van der Waals surface area contributed by atoms with Crippen LogP contribution in [0, 0.1) is 5.41 Å². The molecule has 0 amide bonds. The molecule has 1 saturated heterocycles. The summed E-state index contributed by atoms with van der Waals surface area (Å²) >= 11 is 12.6. The Morgan fingerprint density at radius 3 is 2.16 bits per heavy atom. The monoisotopic (exact) mass is 535 g/mol. The molecule has 0 aromatic heterocycles. The van der Waals surface area contributed by atoms with Crippen molar-refractivity contribution >= 4 is 47.0 Å². The molecule has 0 radical (unpaired) electrons. The first kappa shape index (κ1) is 25.1. The third-order valence-electron chi connectivity index (χ3n) is 7.24. The molecule has 2 aliphatic rings. The number of esters is 2. The second kappa shape index (κ2) is 9.69. The highest BCUT2D eigenvalue weighted by molar-refractivity contribution is 6.37. The number of halogens is 2. The lowest BCUT2D eigenvalue weighted by atomic mass is 9.65. The summed E-state index contributed by atoms with van der Waals surface area (Å²) in [6.07, 6.45) is 3.62. The Hall–Kier alpha value is -3.61. The minimum absolute atomic E-state index is 0.177. The van der Waals surface area contributed by atoms with Crippen LogP contribution in [-0.2, 0) is 19.1 Å². The van der Waals surface area contributed by atoms with Gasteiger partial charge in [0.05, 0.1) is 25.3 Å². The number of hydrogen-bond donors (Lipinski definition) is 0. The summed E-state index contributed by atoms with van der Waals surface area (Å²) in [6.45, 7) is 0. The Morgan fingerprint density at radius 1 is 0.865 bits per heavy atom. The fourth-order valence-electron chi connectivity index (χ4n) is 5.79. The molecule has 0 saturated carbocycles. The number of ether oxygens (including phenoxy) is 2. The maximum absolute atomic E-state index is 14.3. The van der Waals surface area contributed by atoms with Gasteiger partial charge < -0.3 is 14.4 Å². The van der Waals surface area contributed by atoms with Gasteiger partial charge in [-0.2, -0.15) is 0 Å². The van der Waals surface area contributed by atoms with E-state index in [4.69, 9.17) is 32.7 Å². The van der Waals surface area contributed by atoms with Gasteiger partial charge >= 0.3 is 11.9 Å². The van der Waals surface area contributed by atoms with Crippen LogP contribution < -0.4 is 0 Å². The van der Waals surface area contributed by atoms with Gasteiger partial charge in [-0.25, -0.2) is 0 Å². The maximum Gasteiger partial charge on any atom is 0.326 e. The molecule has 8 heteroatoms. The highest BCUT2D eigenvalue weighted by Gasteiger charge is 2.71. The minimum Gasteiger partial charge on any atom is -0.468 e. The zero-order chi connectivity index (χ0) is 26.3. The van der Waals surface area contributed by atoms with Crippen LogP contribution in [-0.4, -0.2) is 42.9 Å². The van der Waals surface area contributed by atoms with E-state index in [1.54, 1.807) is 47.5 Å². The number of ketones is 1. The molecule has 2 aliphatic heterocycles. The van der Waals surface area contributed by atoms with E-state index in [2.05, 4.69) is 0 Å². The normalized spacial score (nSPS) is 21.1. The van der Waals surface area contributed by atoms with Crippen molar-refractivity contribution in [2.24, 2.45) is 5.41 Å². The molecule has 1 fully saturated rings. The van der Waals surface area contributed by atoms with Crippen molar-refractivity contribution in [1.29, 1.82) is 0 Å². The van der Waals surface area contributed by atoms with Gasteiger partial charge in [0.15, 0.2) is 11.2 Å². The number of nitrogens with zero attached hydrogens (tertiary/aromatic N) is 1. The number of fused-ring (bicyclic) bond motifs is 3. The Morgan fingerprint density at radius 2 is 1.51 bits per heavy atom. The van der Waals surface area contributed by atoms with Gasteiger partial charge in [0.2, 0.25) is 0 Å². The molecular formula is C29H23Cl2NO5. The maximum atomic E-state index is 14.3. The van der Waals surface area contributed by atoms with E-state index in [1.165, 1.54) is 20.3 Å². The van der Waals surface area contributed by atoms with Gasteiger partial charge in [0.25, 0.3) is 0 Å². The van der Waals surface area contributed by atoms with Crippen LogP contribution in [0.5, 0.6) is 0 Å². The fraction of sp³-hybridized carbons (Fsp3) is 0.207. The molecular weight excluding hydrogens is 513 g/mol. The highest BCUT2D eigenvalue weighted by Crippen LogP contribution is 2.61. The van der Waals surface area contributed by atoms with Gasteiger partial charge in [-0.05, 0) is 41.0 Å². The van der Waals surface area contributed by atoms with E-state index in [1.807, 2.05) is 36.4 Å². The molecule has 3 atom stereocenters. The fourth-order valence-corrected chi connectivity index (χ4v) is 6.29. The largest absolute Gasteiger partial charge is 0.468 e. The first-order valence-corrected chi connectivity index (χ1v) is 12.4. The van der Waals surface area contributed by atoms with Gasteiger partial charge in [-0.1, -0.05) is 77.8 Å². The number of benzene rings is 3. The van der Waals surface area contributed by atoms with Gasteiger partial charge in [0.1, 0.15) is 6.04 Å². The summed E-state index contributed by atoms with van der Waals surface area (Å²) in [5.41, 5.74) is 0.477. The van der Waals surface area contributed by atoms with E-state index in [0.29, 0.717) is 16.1 Å². The van der Waals surface area contributed by atoms with E-state index < -0.39 is 35.4 Å². The van der Waals surface area contributed by atoms with Crippen LogP contribution in [0.1, 0.15) is 39.0 Å². The Bertz CT molecular complexity index is 1400. The zero-order valence-electron chi connectivity index (χ0n) is 20.1. The second-order valence-electron chi connectivity index (χ2n) is 8.97. The number of carbonyl (C=O) groups excluding carboxylic acids is 3. The van der Waals surface area contributed by atoms with E-state index in [-0.39, 0.29) is 16.4 Å². The van der Waals surface area contributed by atoms with Crippen molar-refractivity contribution in [1.82, 2.24) is 4.90 Å². The Labute approximate surface area is 224 Å². The number of Topliss-reactive ketones (excluding diaryl/α,β-unsaturated/α-hetero) is 1. The van der Waals surface area contributed by atoms with Gasteiger partial charge in [-0.3, -0.25) is 14.4 Å². The lowest BCUT2D eigenvalue weighted by Crippen LogP contribution is -2.49. The van der Waals surface area contributed by atoms with Crippen molar-refractivity contribution in [3.05, 3.63) is 111 Å². The topological polar surface area (TPSA) is 72.9 Å². The predicted octanol–water partition coefficient (Wildman–Crippen LogP) is 5.70. The Balaban J connectivity index is 1.85. The second-order valence-corrected chi connectivity index (χ2v) is 9.81. The van der Waals surface area contributed by atoms with Crippen LogP contribution in [0.2, 0.25) is 10.0 Å². The molecule has 37 heavy (non-hydrogen) atoms. The molecule has 6 nitrogen and oxygen atoms in total. The van der Waals surface area contributed by atoms with E-state index >= 15 is 0 Å². The predicted molar refractivity (Wildman–Crippen MR) is 140 cm³/mol. The number of methoxy groups -OCH3 is 2. The highest BCUT2D eigenvalue weighted by atomic mass is 35.5. The first-order chi connectivity index (χ1) is 17.9. The molecule has 188 valence electrons. The van der Waals surface area contributed by atoms with Crippen LogP contribution in [0.4, 0.5) is 0 Å². The summed E-state index contributed by atoms with van der Waals surface area (Å²) in [7, 11) is 2.46. The summed E-state index contributed by atoms with van der Waals surface area (Å²) in [5, 5.41) is 0.562. The first-order valence-electron chi connectivity index (χ1n) is 11.6. The summed E-state index contributed by atoms with van der Waals surface area (Å²) < 4.78 is 10.6. The van der Waals surface area contributed by atoms with E-state index in [0.717, 1.165) is 5.56 Å². The SMILES string of the molecule is COC(=O)C1(C(=O)OC)[C@H](c2ccccc2)[C@@H](C(=O)c2ccc(Cl)cc2Cl)N2C=Cc3ccccc3[C@@H]21. The third kappa shape index (κ3) is 3.74. The average molecular weight is 536 g/mol. The third-order valence-corrected chi connectivity index (χ3v) is 7.79. The molecule has 0 aliphatic carbocycles.